The lowest BCUT2D eigenvalue weighted by Gasteiger charge is -1.97. The number of rotatable bonds is 1. The van der Waals surface area contributed by atoms with Crippen LogP contribution in [0.4, 0.5) is 0 Å². The Bertz CT molecular complexity index is 920. The molecule has 0 radical (unpaired) electrons. The number of benzene rings is 2. The van der Waals surface area contributed by atoms with E-state index in [2.05, 4.69) is 44.1 Å². The second kappa shape index (κ2) is 3.85. The largest absolute Gasteiger partial charge is 0.392 e. The molecule has 0 aliphatic carbocycles. The molecule has 0 atom stereocenters. The quantitative estimate of drug-likeness (QED) is 0.487. The average Bonchev–Trinajstić information content (AvgIpc) is 2.99. The highest BCUT2D eigenvalue weighted by atomic mass is 79.9. The molecule has 0 spiro atoms. The molecule has 0 aliphatic heterocycles. The third-order valence-corrected chi connectivity index (χ3v) is 4.32. The molecule has 0 unspecified atom stereocenters. The highest BCUT2D eigenvalue weighted by Crippen LogP contribution is 2.35. The van der Waals surface area contributed by atoms with Gasteiger partial charge in [0.1, 0.15) is 0 Å². The van der Waals surface area contributed by atoms with Crippen molar-refractivity contribution in [2.24, 2.45) is 0 Å². The second-order valence-electron chi connectivity index (χ2n) is 4.67. The van der Waals surface area contributed by atoms with E-state index in [9.17, 15) is 5.11 Å². The molecule has 0 aliphatic rings. The van der Waals surface area contributed by atoms with Crippen LogP contribution in [0, 0.1) is 0 Å². The van der Waals surface area contributed by atoms with Gasteiger partial charge in [-0.25, -0.2) is 0 Å². The van der Waals surface area contributed by atoms with Crippen LogP contribution in [0.1, 0.15) is 5.56 Å². The molecule has 0 amide bonds. The van der Waals surface area contributed by atoms with E-state index in [4.69, 9.17) is 0 Å². The van der Waals surface area contributed by atoms with Crippen molar-refractivity contribution < 1.29 is 5.11 Å². The summed E-state index contributed by atoms with van der Waals surface area (Å²) in [6.45, 7) is 0.0510. The number of hydrogen-bond donors (Lipinski definition) is 3. The molecule has 19 heavy (non-hydrogen) atoms. The Labute approximate surface area is 117 Å². The summed E-state index contributed by atoms with van der Waals surface area (Å²) in [4.78, 5) is 6.71. The first kappa shape index (κ1) is 11.1. The average molecular weight is 315 g/mol. The number of H-pyrrole nitrogens is 2. The topological polar surface area (TPSA) is 51.8 Å². The fourth-order valence-electron chi connectivity index (χ4n) is 2.76. The van der Waals surface area contributed by atoms with Gasteiger partial charge in [-0.05, 0) is 12.1 Å². The van der Waals surface area contributed by atoms with E-state index in [-0.39, 0.29) is 6.61 Å². The van der Waals surface area contributed by atoms with Gasteiger partial charge in [-0.1, -0.05) is 34.1 Å². The molecular formula is C15H11BrN2O. The Balaban J connectivity index is 2.26. The van der Waals surface area contributed by atoms with Crippen molar-refractivity contribution in [3.63, 3.8) is 0 Å². The monoisotopic (exact) mass is 314 g/mol. The Morgan fingerprint density at radius 1 is 1.05 bits per heavy atom. The minimum absolute atomic E-state index is 0.0510. The summed E-state index contributed by atoms with van der Waals surface area (Å²) in [5, 5.41) is 12.8. The smallest absolute Gasteiger partial charge is 0.0710 e. The van der Waals surface area contributed by atoms with Gasteiger partial charge in [0, 0.05) is 37.9 Å². The number of aromatic amines is 2. The first-order chi connectivity index (χ1) is 9.29. The van der Waals surface area contributed by atoms with Crippen LogP contribution in [0.25, 0.3) is 32.7 Å². The van der Waals surface area contributed by atoms with Crippen molar-refractivity contribution in [3.8, 4) is 0 Å². The molecule has 94 valence electrons. The van der Waals surface area contributed by atoms with E-state index >= 15 is 0 Å². The summed E-state index contributed by atoms with van der Waals surface area (Å²) in [5.41, 5.74) is 4.16. The van der Waals surface area contributed by atoms with Gasteiger partial charge in [0.05, 0.1) is 17.6 Å². The van der Waals surface area contributed by atoms with Crippen molar-refractivity contribution in [1.82, 2.24) is 9.97 Å². The van der Waals surface area contributed by atoms with Gasteiger partial charge in [0.15, 0.2) is 0 Å². The lowest BCUT2D eigenvalue weighted by molar-refractivity contribution is 0.283. The number of nitrogens with one attached hydrogen (secondary N) is 2. The SMILES string of the molecule is OCc1c[nH]c2c1ccc1c2[nH]c2cccc(Br)c21. The molecule has 3 nitrogen and oxygen atoms in total. The van der Waals surface area contributed by atoms with Crippen molar-refractivity contribution in [3.05, 3.63) is 46.6 Å². The van der Waals surface area contributed by atoms with Crippen LogP contribution < -0.4 is 0 Å². The second-order valence-corrected chi connectivity index (χ2v) is 5.52. The van der Waals surface area contributed by atoms with Crippen LogP contribution in [0.5, 0.6) is 0 Å². The van der Waals surface area contributed by atoms with Crippen molar-refractivity contribution in [2.75, 3.05) is 0 Å². The molecule has 4 aromatic rings. The first-order valence-corrected chi connectivity index (χ1v) is 6.88. The standard InChI is InChI=1S/C15H11BrN2O/c16-11-2-1-3-12-13(11)10-5-4-9-8(7-19)6-17-14(9)15(10)18-12/h1-6,17-19H,7H2. The predicted molar refractivity (Wildman–Crippen MR) is 81.3 cm³/mol. The van der Waals surface area contributed by atoms with E-state index < -0.39 is 0 Å². The zero-order valence-corrected chi connectivity index (χ0v) is 11.6. The summed E-state index contributed by atoms with van der Waals surface area (Å²) < 4.78 is 1.09. The van der Waals surface area contributed by atoms with Crippen LogP contribution in [0.3, 0.4) is 0 Å². The summed E-state index contributed by atoms with van der Waals surface area (Å²) >= 11 is 3.61. The van der Waals surface area contributed by atoms with Crippen LogP contribution in [0.2, 0.25) is 0 Å². The van der Waals surface area contributed by atoms with Gasteiger partial charge in [-0.15, -0.1) is 0 Å². The van der Waals surface area contributed by atoms with Crippen LogP contribution in [-0.4, -0.2) is 15.1 Å². The Kier molecular flexibility index (Phi) is 2.25. The third-order valence-electron chi connectivity index (χ3n) is 3.65. The fraction of sp³-hybridized carbons (Fsp3) is 0.0667. The van der Waals surface area contributed by atoms with E-state index in [1.807, 2.05) is 18.3 Å². The molecule has 3 N–H and O–H groups in total. The van der Waals surface area contributed by atoms with Crippen LogP contribution in [-0.2, 0) is 6.61 Å². The van der Waals surface area contributed by atoms with Gasteiger partial charge < -0.3 is 15.1 Å². The molecule has 4 heteroatoms. The molecule has 0 bridgehead atoms. The minimum atomic E-state index is 0.0510. The molecule has 2 aromatic heterocycles. The molecule has 0 saturated heterocycles. The number of halogens is 1. The maximum atomic E-state index is 9.34. The maximum Gasteiger partial charge on any atom is 0.0710 e. The molecular weight excluding hydrogens is 304 g/mol. The Morgan fingerprint density at radius 3 is 2.74 bits per heavy atom. The summed E-state index contributed by atoms with van der Waals surface area (Å²) in [5.74, 6) is 0. The summed E-state index contributed by atoms with van der Waals surface area (Å²) in [7, 11) is 0. The Morgan fingerprint density at radius 2 is 1.89 bits per heavy atom. The molecule has 4 rings (SSSR count). The van der Waals surface area contributed by atoms with Crippen molar-refractivity contribution >= 4 is 48.6 Å². The summed E-state index contributed by atoms with van der Waals surface area (Å²) in [6, 6.07) is 10.3. The van der Waals surface area contributed by atoms with E-state index in [0.29, 0.717) is 0 Å². The van der Waals surface area contributed by atoms with Gasteiger partial charge in [-0.3, -0.25) is 0 Å². The number of hydrogen-bond acceptors (Lipinski definition) is 1. The Hall–Kier alpha value is -1.78. The van der Waals surface area contributed by atoms with Gasteiger partial charge >= 0.3 is 0 Å². The molecule has 2 heterocycles. The van der Waals surface area contributed by atoms with E-state index in [1.165, 1.54) is 10.8 Å². The van der Waals surface area contributed by atoms with Crippen LogP contribution in [0.15, 0.2) is 41.0 Å². The zero-order chi connectivity index (χ0) is 13.0. The third kappa shape index (κ3) is 1.41. The van der Waals surface area contributed by atoms with Crippen molar-refractivity contribution in [2.45, 2.75) is 6.61 Å². The van der Waals surface area contributed by atoms with E-state index in [0.717, 1.165) is 32.0 Å². The molecule has 0 fully saturated rings. The lowest BCUT2D eigenvalue weighted by Crippen LogP contribution is -1.78. The molecule has 0 saturated carbocycles. The van der Waals surface area contributed by atoms with Gasteiger partial charge in [0.2, 0.25) is 0 Å². The number of aromatic nitrogens is 2. The van der Waals surface area contributed by atoms with Gasteiger partial charge in [0.25, 0.3) is 0 Å². The number of aliphatic hydroxyl groups excluding tert-OH is 1. The summed E-state index contributed by atoms with van der Waals surface area (Å²) in [6.07, 6.45) is 1.87. The highest BCUT2D eigenvalue weighted by molar-refractivity contribution is 9.10. The van der Waals surface area contributed by atoms with Crippen molar-refractivity contribution in [1.29, 1.82) is 0 Å². The first-order valence-electron chi connectivity index (χ1n) is 6.09. The lowest BCUT2D eigenvalue weighted by atomic mass is 10.1. The van der Waals surface area contributed by atoms with E-state index in [1.54, 1.807) is 0 Å². The normalized spacial score (nSPS) is 11.9. The highest BCUT2D eigenvalue weighted by Gasteiger charge is 2.12. The fourth-order valence-corrected chi connectivity index (χ4v) is 3.34. The minimum Gasteiger partial charge on any atom is -0.392 e. The predicted octanol–water partition coefficient (Wildman–Crippen LogP) is 4.06. The van der Waals surface area contributed by atoms with Gasteiger partial charge in [-0.2, -0.15) is 0 Å². The number of aliphatic hydroxyl groups is 1. The van der Waals surface area contributed by atoms with Crippen LogP contribution >= 0.6 is 15.9 Å². The number of fused-ring (bicyclic) bond motifs is 5. The maximum absolute atomic E-state index is 9.34. The zero-order valence-electron chi connectivity index (χ0n) is 10.00. The molecule has 2 aromatic carbocycles.